The highest BCUT2D eigenvalue weighted by molar-refractivity contribution is 6.30. The lowest BCUT2D eigenvalue weighted by Gasteiger charge is -2.08. The quantitative estimate of drug-likeness (QED) is 0.781. The van der Waals surface area contributed by atoms with Crippen LogP contribution in [-0.4, -0.2) is 14.5 Å². The molecule has 0 aliphatic heterocycles. The second kappa shape index (κ2) is 4.94. The maximum absolute atomic E-state index is 11.8. The first-order valence-corrected chi connectivity index (χ1v) is 6.35. The van der Waals surface area contributed by atoms with Crippen LogP contribution in [0.4, 0.5) is 0 Å². The van der Waals surface area contributed by atoms with Crippen LogP contribution in [0.5, 0.6) is 0 Å². The fourth-order valence-corrected chi connectivity index (χ4v) is 2.24. The molecule has 3 aromatic rings. The lowest BCUT2D eigenvalue weighted by atomic mass is 10.1. The Morgan fingerprint density at radius 2 is 2.00 bits per heavy atom. The largest absolute Gasteiger partial charge is 0.328 e. The number of nitrogens with zero attached hydrogens (tertiary/aromatic N) is 2. The van der Waals surface area contributed by atoms with E-state index in [2.05, 4.69) is 9.97 Å². The van der Waals surface area contributed by atoms with E-state index in [4.69, 9.17) is 11.6 Å². The zero-order chi connectivity index (χ0) is 14.1. The standard InChI is InChI=1S/C14H10ClN3O2/c15-11-8-18(14(20)17-13(11)19)7-10-4-1-3-9-5-2-6-16-12(9)10/h1-6,8H,7H2,(H,17,19,20). The van der Waals surface area contributed by atoms with Crippen molar-refractivity contribution in [3.8, 4) is 0 Å². The Morgan fingerprint density at radius 3 is 2.85 bits per heavy atom. The molecule has 0 spiro atoms. The Kier molecular flexibility index (Phi) is 3.12. The normalized spacial score (nSPS) is 10.8. The third-order valence-corrected chi connectivity index (χ3v) is 3.29. The number of H-pyrrole nitrogens is 1. The van der Waals surface area contributed by atoms with Crippen LogP contribution in [0.1, 0.15) is 5.56 Å². The number of hydrogen-bond acceptors (Lipinski definition) is 3. The van der Waals surface area contributed by atoms with Crippen LogP contribution in [0, 0.1) is 0 Å². The first kappa shape index (κ1) is 12.6. The first-order valence-electron chi connectivity index (χ1n) is 5.97. The minimum atomic E-state index is -0.580. The van der Waals surface area contributed by atoms with E-state index in [9.17, 15) is 9.59 Å². The second-order valence-corrected chi connectivity index (χ2v) is 4.76. The van der Waals surface area contributed by atoms with E-state index in [1.807, 2.05) is 30.3 Å². The van der Waals surface area contributed by atoms with Gasteiger partial charge in [-0.25, -0.2) is 4.79 Å². The van der Waals surface area contributed by atoms with Crippen molar-refractivity contribution in [3.63, 3.8) is 0 Å². The summed E-state index contributed by atoms with van der Waals surface area (Å²) in [6, 6.07) is 9.55. The Morgan fingerprint density at radius 1 is 1.20 bits per heavy atom. The summed E-state index contributed by atoms with van der Waals surface area (Å²) in [6.07, 6.45) is 3.04. The van der Waals surface area contributed by atoms with Crippen molar-refractivity contribution in [2.24, 2.45) is 0 Å². The van der Waals surface area contributed by atoms with Crippen molar-refractivity contribution >= 4 is 22.5 Å². The molecule has 1 aromatic carbocycles. The summed E-state index contributed by atoms with van der Waals surface area (Å²) in [5.41, 5.74) is 0.633. The fraction of sp³-hybridized carbons (Fsp3) is 0.0714. The molecule has 0 unspecified atom stereocenters. The number of hydrogen-bond donors (Lipinski definition) is 1. The van der Waals surface area contributed by atoms with Crippen LogP contribution in [0.25, 0.3) is 10.9 Å². The average Bonchev–Trinajstić information content (AvgIpc) is 2.45. The van der Waals surface area contributed by atoms with Gasteiger partial charge in [-0.2, -0.15) is 0 Å². The van der Waals surface area contributed by atoms with E-state index in [1.165, 1.54) is 10.8 Å². The number of pyridine rings is 1. The number of rotatable bonds is 2. The van der Waals surface area contributed by atoms with E-state index in [-0.39, 0.29) is 5.02 Å². The van der Waals surface area contributed by atoms with Crippen molar-refractivity contribution in [2.75, 3.05) is 0 Å². The molecule has 0 atom stereocenters. The van der Waals surface area contributed by atoms with Gasteiger partial charge in [0.2, 0.25) is 0 Å². The molecule has 0 aliphatic rings. The Bertz CT molecular complexity index is 893. The topological polar surface area (TPSA) is 67.8 Å². The van der Waals surface area contributed by atoms with E-state index in [1.54, 1.807) is 6.20 Å². The van der Waals surface area contributed by atoms with Gasteiger partial charge in [-0.05, 0) is 11.6 Å². The molecule has 3 rings (SSSR count). The second-order valence-electron chi connectivity index (χ2n) is 4.36. The summed E-state index contributed by atoms with van der Waals surface area (Å²) < 4.78 is 1.35. The highest BCUT2D eigenvalue weighted by Gasteiger charge is 2.06. The zero-order valence-corrected chi connectivity index (χ0v) is 11.1. The van der Waals surface area contributed by atoms with Gasteiger partial charge in [0, 0.05) is 17.8 Å². The smallest absolute Gasteiger partial charge is 0.295 e. The number of aromatic amines is 1. The van der Waals surface area contributed by atoms with Gasteiger partial charge in [-0.3, -0.25) is 19.3 Å². The minimum absolute atomic E-state index is 0.0159. The molecular formula is C14H10ClN3O2. The molecule has 1 N–H and O–H groups in total. The molecule has 0 aliphatic carbocycles. The highest BCUT2D eigenvalue weighted by atomic mass is 35.5. The predicted octanol–water partition coefficient (Wildman–Crippen LogP) is 1.79. The van der Waals surface area contributed by atoms with Gasteiger partial charge in [-0.1, -0.05) is 35.9 Å². The number of para-hydroxylation sites is 1. The fourth-order valence-electron chi connectivity index (χ4n) is 2.08. The average molecular weight is 288 g/mol. The van der Waals surface area contributed by atoms with Crippen LogP contribution in [0.2, 0.25) is 5.02 Å². The van der Waals surface area contributed by atoms with Crippen molar-refractivity contribution < 1.29 is 0 Å². The van der Waals surface area contributed by atoms with Gasteiger partial charge in [0.1, 0.15) is 5.02 Å². The van der Waals surface area contributed by atoms with Gasteiger partial charge in [-0.15, -0.1) is 0 Å². The van der Waals surface area contributed by atoms with Crippen LogP contribution in [0.15, 0.2) is 52.3 Å². The van der Waals surface area contributed by atoms with Crippen molar-refractivity contribution in [1.29, 1.82) is 0 Å². The molecule has 100 valence electrons. The van der Waals surface area contributed by atoms with Crippen LogP contribution in [-0.2, 0) is 6.54 Å². The Hall–Kier alpha value is -2.40. The summed E-state index contributed by atoms with van der Waals surface area (Å²) >= 11 is 5.75. The number of aromatic nitrogens is 3. The number of halogens is 1. The molecule has 2 aromatic heterocycles. The van der Waals surface area contributed by atoms with Gasteiger partial charge in [0.05, 0.1) is 12.1 Å². The summed E-state index contributed by atoms with van der Waals surface area (Å²) in [6.45, 7) is 0.295. The van der Waals surface area contributed by atoms with Gasteiger partial charge in [0.15, 0.2) is 0 Å². The SMILES string of the molecule is O=c1[nH]c(=O)n(Cc2cccc3cccnc23)cc1Cl. The zero-order valence-electron chi connectivity index (χ0n) is 10.3. The van der Waals surface area contributed by atoms with Gasteiger partial charge in [0.25, 0.3) is 5.56 Å². The van der Waals surface area contributed by atoms with E-state index >= 15 is 0 Å². The number of fused-ring (bicyclic) bond motifs is 1. The maximum Gasteiger partial charge on any atom is 0.328 e. The predicted molar refractivity (Wildman–Crippen MR) is 77.2 cm³/mol. The van der Waals surface area contributed by atoms with Gasteiger partial charge < -0.3 is 0 Å². The third-order valence-electron chi connectivity index (χ3n) is 3.02. The molecule has 0 saturated carbocycles. The van der Waals surface area contributed by atoms with Crippen LogP contribution >= 0.6 is 11.6 Å². The lowest BCUT2D eigenvalue weighted by Crippen LogP contribution is -2.30. The lowest BCUT2D eigenvalue weighted by molar-refractivity contribution is 0.723. The van der Waals surface area contributed by atoms with Crippen molar-refractivity contribution in [1.82, 2.24) is 14.5 Å². The van der Waals surface area contributed by atoms with Crippen molar-refractivity contribution in [3.05, 3.63) is 74.1 Å². The van der Waals surface area contributed by atoms with Crippen LogP contribution < -0.4 is 11.2 Å². The molecule has 0 amide bonds. The monoisotopic (exact) mass is 287 g/mol. The summed E-state index contributed by atoms with van der Waals surface area (Å²) in [5.74, 6) is 0. The molecular weight excluding hydrogens is 278 g/mol. The minimum Gasteiger partial charge on any atom is -0.295 e. The molecule has 0 radical (unpaired) electrons. The summed E-state index contributed by atoms with van der Waals surface area (Å²) in [7, 11) is 0. The number of benzene rings is 1. The van der Waals surface area contributed by atoms with E-state index in [0.29, 0.717) is 6.54 Å². The van der Waals surface area contributed by atoms with E-state index in [0.717, 1.165) is 16.5 Å². The third kappa shape index (κ3) is 2.23. The molecule has 0 fully saturated rings. The molecule has 20 heavy (non-hydrogen) atoms. The summed E-state index contributed by atoms with van der Waals surface area (Å²) in [5, 5.41) is 0.978. The number of nitrogens with one attached hydrogen (secondary N) is 1. The summed E-state index contributed by atoms with van der Waals surface area (Å²) in [4.78, 5) is 29.5. The van der Waals surface area contributed by atoms with Crippen LogP contribution in [0.3, 0.4) is 0 Å². The highest BCUT2D eigenvalue weighted by Crippen LogP contribution is 2.16. The Balaban J connectivity index is 2.13. The first-order chi connectivity index (χ1) is 9.65. The van der Waals surface area contributed by atoms with E-state index < -0.39 is 11.2 Å². The molecule has 2 heterocycles. The van der Waals surface area contributed by atoms with Gasteiger partial charge >= 0.3 is 5.69 Å². The molecule has 5 nitrogen and oxygen atoms in total. The molecule has 0 bridgehead atoms. The molecule has 6 heteroatoms. The van der Waals surface area contributed by atoms with Crippen molar-refractivity contribution in [2.45, 2.75) is 6.54 Å². The Labute approximate surface area is 118 Å². The maximum atomic E-state index is 11.8. The molecule has 0 saturated heterocycles.